The summed E-state index contributed by atoms with van der Waals surface area (Å²) >= 11 is 0. The van der Waals surface area contributed by atoms with Gasteiger partial charge in [0.05, 0.1) is 17.0 Å². The Morgan fingerprint density at radius 2 is 1.80 bits per heavy atom. The summed E-state index contributed by atoms with van der Waals surface area (Å²) in [4.78, 5) is 16.4. The molecule has 4 heterocycles. The maximum Gasteiger partial charge on any atom is 0.238 e. The summed E-state index contributed by atoms with van der Waals surface area (Å²) in [5.74, 6) is -6.46. The van der Waals surface area contributed by atoms with Crippen molar-refractivity contribution in [1.82, 2.24) is 25.3 Å². The maximum atomic E-state index is 15.0. The topological polar surface area (TPSA) is 131 Å². The number of aromatic nitrogens is 4. The predicted octanol–water partition coefficient (Wildman–Crippen LogP) is 4.20. The van der Waals surface area contributed by atoms with E-state index in [1.54, 1.807) is 29.0 Å². The molecule has 15 heteroatoms. The van der Waals surface area contributed by atoms with E-state index >= 15 is 4.39 Å². The number of benzene rings is 1. The van der Waals surface area contributed by atoms with Crippen molar-refractivity contribution in [2.75, 3.05) is 23.1 Å². The van der Waals surface area contributed by atoms with E-state index in [2.05, 4.69) is 30.6 Å². The average Bonchev–Trinajstić information content (AvgIpc) is 2.95. The van der Waals surface area contributed by atoms with Gasteiger partial charge >= 0.3 is 0 Å². The van der Waals surface area contributed by atoms with Crippen molar-refractivity contribution in [1.29, 1.82) is 0 Å². The van der Waals surface area contributed by atoms with Gasteiger partial charge in [0.2, 0.25) is 27.7 Å². The molecule has 2 atom stereocenters. The molecule has 41 heavy (non-hydrogen) atoms. The fourth-order valence-corrected chi connectivity index (χ4v) is 5.27. The lowest BCUT2D eigenvalue weighted by Crippen LogP contribution is -2.44. The number of hydrogen-bond donors (Lipinski definition) is 3. The number of piperidine rings is 1. The van der Waals surface area contributed by atoms with E-state index in [0.717, 1.165) is 0 Å². The Morgan fingerprint density at radius 1 is 0.976 bits per heavy atom. The third kappa shape index (κ3) is 6.86. The van der Waals surface area contributed by atoms with Crippen LogP contribution in [0.15, 0.2) is 61.1 Å². The molecule has 1 aromatic carbocycles. The molecule has 0 amide bonds. The van der Waals surface area contributed by atoms with Gasteiger partial charge < -0.3 is 15.4 Å². The number of nitrogens with zero attached hydrogens (tertiary/aromatic N) is 4. The van der Waals surface area contributed by atoms with Crippen molar-refractivity contribution in [3.8, 4) is 22.9 Å². The number of anilines is 2. The van der Waals surface area contributed by atoms with E-state index in [4.69, 9.17) is 4.74 Å². The molecule has 1 fully saturated rings. The number of nitrogens with one attached hydrogen (secondary N) is 3. The first-order valence-corrected chi connectivity index (χ1v) is 14.0. The monoisotopic (exact) mass is 589 g/mol. The highest BCUT2D eigenvalue weighted by atomic mass is 32.2. The second kappa shape index (κ2) is 12.0. The molecule has 10 nitrogen and oxygen atoms in total. The average molecular weight is 590 g/mol. The fraction of sp³-hybridized carbons (Fsp3) is 0.231. The van der Waals surface area contributed by atoms with Crippen LogP contribution < -0.4 is 20.1 Å². The first-order chi connectivity index (χ1) is 19.7. The van der Waals surface area contributed by atoms with Gasteiger partial charge in [-0.05, 0) is 30.3 Å². The molecular formula is C26H23F4N7O3S. The maximum absolute atomic E-state index is 15.0. The number of ether oxygens (including phenoxy) is 1. The summed E-state index contributed by atoms with van der Waals surface area (Å²) in [5.41, 5.74) is -0.560. The molecule has 0 spiro atoms. The molecule has 0 radical (unpaired) electrons. The zero-order chi connectivity index (χ0) is 29.0. The second-order valence-corrected chi connectivity index (χ2v) is 10.8. The molecule has 1 aliphatic rings. The Hall–Kier alpha value is -4.37. The van der Waals surface area contributed by atoms with Crippen LogP contribution in [-0.2, 0) is 15.8 Å². The van der Waals surface area contributed by atoms with Crippen LogP contribution in [0.4, 0.5) is 29.2 Å². The Morgan fingerprint density at radius 3 is 2.59 bits per heavy atom. The van der Waals surface area contributed by atoms with Crippen molar-refractivity contribution < 1.29 is 30.7 Å². The van der Waals surface area contributed by atoms with Gasteiger partial charge in [-0.3, -0.25) is 9.71 Å². The molecule has 4 aromatic rings. The van der Waals surface area contributed by atoms with Crippen LogP contribution in [0.25, 0.3) is 11.3 Å². The highest BCUT2D eigenvalue weighted by Crippen LogP contribution is 2.36. The van der Waals surface area contributed by atoms with E-state index in [1.165, 1.54) is 30.7 Å². The zero-order valence-corrected chi connectivity index (χ0v) is 22.0. The van der Waals surface area contributed by atoms with E-state index in [1.807, 2.05) is 0 Å². The van der Waals surface area contributed by atoms with Crippen LogP contribution in [0.1, 0.15) is 12.1 Å². The minimum absolute atomic E-state index is 0.119. The quantitative estimate of drug-likeness (QED) is 0.194. The van der Waals surface area contributed by atoms with Gasteiger partial charge in [0.1, 0.15) is 17.6 Å². The molecule has 1 saturated heterocycles. The van der Waals surface area contributed by atoms with Gasteiger partial charge in [-0.2, -0.15) is 4.39 Å². The van der Waals surface area contributed by atoms with Gasteiger partial charge in [-0.15, -0.1) is 0 Å². The third-order valence-corrected chi connectivity index (χ3v) is 7.18. The molecule has 0 saturated carbocycles. The Bertz CT molecular complexity index is 1650. The van der Waals surface area contributed by atoms with Crippen molar-refractivity contribution >= 4 is 21.7 Å². The lowest BCUT2D eigenvalue weighted by molar-refractivity contribution is 0.254. The summed E-state index contributed by atoms with van der Waals surface area (Å²) in [6, 6.07) is 9.39. The van der Waals surface area contributed by atoms with E-state index in [9.17, 15) is 21.6 Å². The number of sulfonamides is 1. The molecule has 1 aliphatic heterocycles. The van der Waals surface area contributed by atoms with Gasteiger partial charge in [0.25, 0.3) is 0 Å². The van der Waals surface area contributed by atoms with Gasteiger partial charge in [-0.1, -0.05) is 6.07 Å². The number of pyridine rings is 2. The van der Waals surface area contributed by atoms with Crippen LogP contribution >= 0.6 is 0 Å². The van der Waals surface area contributed by atoms with E-state index in [0.29, 0.717) is 12.6 Å². The van der Waals surface area contributed by atoms with Crippen LogP contribution in [0.2, 0.25) is 0 Å². The standard InChI is InChI=1S/C26H23F4N7O3S/c27-15-10-17(13-31-12-15)35-26-34-9-6-20(36-26)18-5-3-8-33-25(18)40-21-11-19(28)24(23(30)22(21)29)37-41(38,39)14-16-4-1-2-7-32-16/h1-9,11,15,17,31,37H,10,12-14H2,(H,34,35,36)/t15-,17?/m0/s1. The Balaban J connectivity index is 1.38. The summed E-state index contributed by atoms with van der Waals surface area (Å²) in [7, 11) is -4.34. The van der Waals surface area contributed by atoms with Gasteiger partial charge in [0.15, 0.2) is 17.4 Å². The number of rotatable bonds is 9. The van der Waals surface area contributed by atoms with Crippen molar-refractivity contribution in [2.24, 2.45) is 0 Å². The fourth-order valence-electron chi connectivity index (χ4n) is 4.14. The number of halogens is 4. The third-order valence-electron chi connectivity index (χ3n) is 5.99. The molecule has 1 unspecified atom stereocenters. The van der Waals surface area contributed by atoms with Crippen LogP contribution in [0, 0.1) is 17.5 Å². The normalized spacial score (nSPS) is 17.2. The second-order valence-electron chi connectivity index (χ2n) is 9.10. The predicted molar refractivity (Wildman–Crippen MR) is 142 cm³/mol. The molecule has 0 aliphatic carbocycles. The zero-order valence-electron chi connectivity index (χ0n) is 21.2. The van der Waals surface area contributed by atoms with Crippen LogP contribution in [0.3, 0.4) is 0 Å². The first-order valence-electron chi connectivity index (χ1n) is 12.3. The minimum atomic E-state index is -4.34. The molecule has 3 N–H and O–H groups in total. The Labute approximate surface area is 232 Å². The smallest absolute Gasteiger partial charge is 0.238 e. The Kier molecular flexibility index (Phi) is 8.26. The number of hydrogen-bond acceptors (Lipinski definition) is 9. The molecular weight excluding hydrogens is 566 g/mol. The molecule has 5 rings (SSSR count). The van der Waals surface area contributed by atoms with Crippen molar-refractivity contribution in [3.63, 3.8) is 0 Å². The lowest BCUT2D eigenvalue weighted by atomic mass is 10.1. The molecule has 3 aromatic heterocycles. The van der Waals surface area contributed by atoms with E-state index in [-0.39, 0.29) is 47.8 Å². The van der Waals surface area contributed by atoms with E-state index < -0.39 is 50.8 Å². The SMILES string of the molecule is O=S(=O)(Cc1ccccn1)Nc1c(F)cc(Oc2ncccc2-c2ccnc(NC3CNC[C@@H](F)C3)n2)c(F)c1F. The molecule has 0 bridgehead atoms. The van der Waals surface area contributed by atoms with Crippen LogP contribution in [-0.4, -0.2) is 53.7 Å². The first kappa shape index (κ1) is 28.2. The number of alkyl halides is 1. The lowest BCUT2D eigenvalue weighted by Gasteiger charge is -2.26. The van der Waals surface area contributed by atoms with Gasteiger partial charge in [-0.25, -0.2) is 36.5 Å². The summed E-state index contributed by atoms with van der Waals surface area (Å²) in [5, 5.41) is 6.02. The van der Waals surface area contributed by atoms with Crippen molar-refractivity contribution in [2.45, 2.75) is 24.4 Å². The molecule has 214 valence electrons. The van der Waals surface area contributed by atoms with Crippen LogP contribution in [0.5, 0.6) is 11.6 Å². The summed E-state index contributed by atoms with van der Waals surface area (Å²) in [6.07, 6.45) is 3.38. The highest BCUT2D eigenvalue weighted by molar-refractivity contribution is 7.91. The summed E-state index contributed by atoms with van der Waals surface area (Å²) < 4.78 is 90.6. The van der Waals surface area contributed by atoms with Gasteiger partial charge in [0, 0.05) is 50.2 Å². The largest absolute Gasteiger partial charge is 0.435 e. The highest BCUT2D eigenvalue weighted by Gasteiger charge is 2.26. The van der Waals surface area contributed by atoms with Crippen molar-refractivity contribution in [3.05, 3.63) is 84.2 Å². The minimum Gasteiger partial charge on any atom is -0.435 e. The summed E-state index contributed by atoms with van der Waals surface area (Å²) in [6.45, 7) is 0.784.